The van der Waals surface area contributed by atoms with Gasteiger partial charge in [0.25, 0.3) is 0 Å². The molecule has 3 nitrogen and oxygen atoms in total. The molecule has 1 saturated carbocycles. The summed E-state index contributed by atoms with van der Waals surface area (Å²) in [6, 6.07) is 3.95. The van der Waals surface area contributed by atoms with Crippen LogP contribution in [0.25, 0.3) is 0 Å². The summed E-state index contributed by atoms with van der Waals surface area (Å²) >= 11 is 0. The fourth-order valence-corrected chi connectivity index (χ4v) is 2.04. The van der Waals surface area contributed by atoms with Gasteiger partial charge in [-0.15, -0.1) is 0 Å². The molecule has 1 aliphatic carbocycles. The Morgan fingerprint density at radius 3 is 2.85 bits per heavy atom. The molecule has 0 atom stereocenters. The highest BCUT2D eigenvalue weighted by Gasteiger charge is 2.43. The van der Waals surface area contributed by atoms with Crippen LogP contribution < -0.4 is 5.73 Å². The summed E-state index contributed by atoms with van der Waals surface area (Å²) in [6.45, 7) is 0.593. The highest BCUT2D eigenvalue weighted by Crippen LogP contribution is 2.42. The minimum atomic E-state index is -0.177. The Labute approximate surface area is 77.6 Å². The van der Waals surface area contributed by atoms with Gasteiger partial charge in [-0.2, -0.15) is 0 Å². The van der Waals surface area contributed by atoms with Crippen molar-refractivity contribution in [2.75, 3.05) is 6.54 Å². The summed E-state index contributed by atoms with van der Waals surface area (Å²) < 4.78 is 0. The van der Waals surface area contributed by atoms with Crippen molar-refractivity contribution in [3.05, 3.63) is 30.1 Å². The Hall–Kier alpha value is -0.930. The summed E-state index contributed by atoms with van der Waals surface area (Å²) in [7, 11) is 0. The zero-order valence-electron chi connectivity index (χ0n) is 7.48. The molecule has 0 spiro atoms. The number of nitrogens with zero attached hydrogens (tertiary/aromatic N) is 1. The monoisotopic (exact) mass is 178 g/mol. The molecule has 1 aromatic heterocycles. The molecule has 1 aliphatic rings. The quantitative estimate of drug-likeness (QED) is 0.690. The van der Waals surface area contributed by atoms with Gasteiger partial charge in [0.15, 0.2) is 0 Å². The van der Waals surface area contributed by atoms with Crippen LogP contribution >= 0.6 is 0 Å². The lowest BCUT2D eigenvalue weighted by atomic mass is 9.63. The van der Waals surface area contributed by atoms with Crippen LogP contribution in [-0.2, 0) is 5.41 Å². The molecule has 1 fully saturated rings. The third kappa shape index (κ3) is 1.34. The van der Waals surface area contributed by atoms with E-state index in [1.807, 2.05) is 18.3 Å². The van der Waals surface area contributed by atoms with Crippen molar-refractivity contribution in [3.8, 4) is 0 Å². The van der Waals surface area contributed by atoms with Crippen LogP contribution in [0, 0.1) is 0 Å². The van der Waals surface area contributed by atoms with Crippen molar-refractivity contribution < 1.29 is 5.11 Å². The first-order valence-electron chi connectivity index (χ1n) is 4.55. The van der Waals surface area contributed by atoms with E-state index in [1.54, 1.807) is 6.20 Å². The van der Waals surface area contributed by atoms with E-state index in [2.05, 4.69) is 4.98 Å². The van der Waals surface area contributed by atoms with Gasteiger partial charge in [0.2, 0.25) is 0 Å². The number of nitrogens with two attached hydrogens (primary N) is 1. The summed E-state index contributed by atoms with van der Waals surface area (Å²) in [5.41, 5.74) is 6.87. The molecule has 0 unspecified atom stereocenters. The second kappa shape index (κ2) is 3.09. The first-order chi connectivity index (χ1) is 6.27. The highest BCUT2D eigenvalue weighted by atomic mass is 16.3. The summed E-state index contributed by atoms with van der Waals surface area (Å²) in [4.78, 5) is 4.07. The van der Waals surface area contributed by atoms with E-state index in [1.165, 1.54) is 0 Å². The molecule has 0 radical (unpaired) electrons. The molecule has 13 heavy (non-hydrogen) atoms. The number of aliphatic hydroxyl groups is 1. The predicted molar refractivity (Wildman–Crippen MR) is 50.2 cm³/mol. The van der Waals surface area contributed by atoms with Crippen molar-refractivity contribution in [1.29, 1.82) is 0 Å². The highest BCUT2D eigenvalue weighted by molar-refractivity contribution is 5.26. The molecular formula is C10H14N2O. The molecule has 0 amide bonds. The molecule has 1 aromatic rings. The molecule has 1 heterocycles. The van der Waals surface area contributed by atoms with Gasteiger partial charge in [-0.05, 0) is 24.5 Å². The van der Waals surface area contributed by atoms with Crippen molar-refractivity contribution >= 4 is 0 Å². The molecule has 70 valence electrons. The van der Waals surface area contributed by atoms with Gasteiger partial charge in [0.1, 0.15) is 0 Å². The van der Waals surface area contributed by atoms with Crippen molar-refractivity contribution in [3.63, 3.8) is 0 Å². The van der Waals surface area contributed by atoms with Crippen LogP contribution in [0.5, 0.6) is 0 Å². The fourth-order valence-electron chi connectivity index (χ4n) is 2.04. The zero-order valence-corrected chi connectivity index (χ0v) is 7.48. The molecule has 3 heteroatoms. The molecule has 0 aliphatic heterocycles. The SMILES string of the molecule is NCC1(c2cccnc2)CC(O)C1. The van der Waals surface area contributed by atoms with E-state index in [0.29, 0.717) is 6.54 Å². The first kappa shape index (κ1) is 8.66. The lowest BCUT2D eigenvalue weighted by molar-refractivity contribution is 0.0220. The number of hydrogen-bond donors (Lipinski definition) is 2. The molecule has 0 saturated heterocycles. The van der Waals surface area contributed by atoms with E-state index in [-0.39, 0.29) is 11.5 Å². The number of aliphatic hydroxyl groups excluding tert-OH is 1. The topological polar surface area (TPSA) is 59.1 Å². The van der Waals surface area contributed by atoms with Crippen LogP contribution in [0.2, 0.25) is 0 Å². The fraction of sp³-hybridized carbons (Fsp3) is 0.500. The van der Waals surface area contributed by atoms with Crippen LogP contribution in [0.1, 0.15) is 18.4 Å². The maximum Gasteiger partial charge on any atom is 0.0558 e. The predicted octanol–water partition coefficient (Wildman–Crippen LogP) is 0.433. The Bertz CT molecular complexity index is 280. The zero-order chi connectivity index (χ0) is 9.31. The van der Waals surface area contributed by atoms with Gasteiger partial charge in [-0.25, -0.2) is 0 Å². The Morgan fingerprint density at radius 1 is 1.62 bits per heavy atom. The summed E-state index contributed by atoms with van der Waals surface area (Å²) in [5.74, 6) is 0. The Balaban J connectivity index is 2.24. The molecule has 2 rings (SSSR count). The first-order valence-corrected chi connectivity index (χ1v) is 4.55. The van der Waals surface area contributed by atoms with Gasteiger partial charge in [0, 0.05) is 24.4 Å². The third-order valence-corrected chi connectivity index (χ3v) is 2.92. The summed E-state index contributed by atoms with van der Waals surface area (Å²) in [6.07, 6.45) is 4.97. The third-order valence-electron chi connectivity index (χ3n) is 2.92. The molecule has 3 N–H and O–H groups in total. The minimum absolute atomic E-state index is 0.00627. The van der Waals surface area contributed by atoms with E-state index >= 15 is 0 Å². The number of rotatable bonds is 2. The van der Waals surface area contributed by atoms with Gasteiger partial charge in [-0.1, -0.05) is 6.07 Å². The minimum Gasteiger partial charge on any atom is -0.393 e. The molecule has 0 aromatic carbocycles. The maximum absolute atomic E-state index is 9.30. The Kier molecular flexibility index (Phi) is 2.06. The van der Waals surface area contributed by atoms with Gasteiger partial charge in [-0.3, -0.25) is 4.98 Å². The van der Waals surface area contributed by atoms with Crippen molar-refractivity contribution in [1.82, 2.24) is 4.98 Å². The van der Waals surface area contributed by atoms with E-state index < -0.39 is 0 Å². The van der Waals surface area contributed by atoms with Crippen molar-refractivity contribution in [2.24, 2.45) is 5.73 Å². The lowest BCUT2D eigenvalue weighted by Gasteiger charge is -2.44. The lowest BCUT2D eigenvalue weighted by Crippen LogP contribution is -2.49. The van der Waals surface area contributed by atoms with Gasteiger partial charge < -0.3 is 10.8 Å². The normalized spacial score (nSPS) is 32.6. The Morgan fingerprint density at radius 2 is 2.38 bits per heavy atom. The van der Waals surface area contributed by atoms with Crippen LogP contribution in [0.15, 0.2) is 24.5 Å². The number of aromatic nitrogens is 1. The number of pyridine rings is 1. The molecular weight excluding hydrogens is 164 g/mol. The van der Waals surface area contributed by atoms with Gasteiger partial charge >= 0.3 is 0 Å². The standard InChI is InChI=1S/C10H14N2O/c11-7-10(4-9(13)5-10)8-2-1-3-12-6-8/h1-3,6,9,13H,4-5,7,11H2. The number of hydrogen-bond acceptors (Lipinski definition) is 3. The van der Waals surface area contributed by atoms with Gasteiger partial charge in [0.05, 0.1) is 6.10 Å². The van der Waals surface area contributed by atoms with E-state index in [4.69, 9.17) is 5.73 Å². The van der Waals surface area contributed by atoms with Crippen LogP contribution in [-0.4, -0.2) is 22.7 Å². The summed E-state index contributed by atoms with van der Waals surface area (Å²) in [5, 5.41) is 9.30. The second-order valence-electron chi connectivity index (χ2n) is 3.79. The second-order valence-corrected chi connectivity index (χ2v) is 3.79. The average molecular weight is 178 g/mol. The van der Waals surface area contributed by atoms with Crippen LogP contribution in [0.3, 0.4) is 0 Å². The average Bonchev–Trinajstić information content (AvgIpc) is 2.14. The largest absolute Gasteiger partial charge is 0.393 e. The van der Waals surface area contributed by atoms with E-state index in [0.717, 1.165) is 18.4 Å². The maximum atomic E-state index is 9.30. The molecule has 0 bridgehead atoms. The van der Waals surface area contributed by atoms with Crippen LogP contribution in [0.4, 0.5) is 0 Å². The smallest absolute Gasteiger partial charge is 0.0558 e. The van der Waals surface area contributed by atoms with Crippen molar-refractivity contribution in [2.45, 2.75) is 24.4 Å². The van der Waals surface area contributed by atoms with E-state index in [9.17, 15) is 5.11 Å².